The third-order valence-corrected chi connectivity index (χ3v) is 8.05. The Hall–Kier alpha value is -2.28. The lowest BCUT2D eigenvalue weighted by Crippen LogP contribution is -3.11. The highest BCUT2D eigenvalue weighted by Gasteiger charge is 2.29. The molecule has 0 fully saturated rings. The van der Waals surface area contributed by atoms with Crippen LogP contribution >= 0.6 is 22.7 Å². The Labute approximate surface area is 177 Å². The molecule has 0 aliphatic carbocycles. The molecule has 0 bridgehead atoms. The average Bonchev–Trinajstić information content (AvgIpc) is 3.29. The van der Waals surface area contributed by atoms with Crippen LogP contribution in [-0.2, 0) is 13.0 Å². The van der Waals surface area contributed by atoms with Crippen LogP contribution in [0.4, 0.5) is 0 Å². The van der Waals surface area contributed by atoms with Crippen molar-refractivity contribution < 1.29 is 4.90 Å². The molecule has 5 rings (SSSR count). The van der Waals surface area contributed by atoms with E-state index in [-0.39, 0.29) is 5.56 Å². The molecule has 4 nitrogen and oxygen atoms in total. The van der Waals surface area contributed by atoms with E-state index in [0.717, 1.165) is 51.6 Å². The summed E-state index contributed by atoms with van der Waals surface area (Å²) in [5.74, 6) is 0.791. The fourth-order valence-electron chi connectivity index (χ4n) is 4.42. The molecule has 1 aromatic carbocycles. The molecular formula is C23H24N3OS2+. The largest absolute Gasteiger partial charge is 0.322 e. The molecule has 4 heterocycles. The van der Waals surface area contributed by atoms with Crippen molar-refractivity contribution in [1.82, 2.24) is 9.97 Å². The molecule has 29 heavy (non-hydrogen) atoms. The van der Waals surface area contributed by atoms with Gasteiger partial charge in [0.1, 0.15) is 17.4 Å². The molecule has 6 heteroatoms. The zero-order valence-electron chi connectivity index (χ0n) is 16.8. The van der Waals surface area contributed by atoms with Gasteiger partial charge in [-0.15, -0.1) is 22.7 Å². The van der Waals surface area contributed by atoms with Gasteiger partial charge in [0.25, 0.3) is 5.56 Å². The maximum atomic E-state index is 13.1. The van der Waals surface area contributed by atoms with Crippen molar-refractivity contribution in [3.8, 4) is 11.1 Å². The Morgan fingerprint density at radius 1 is 1.21 bits per heavy atom. The number of nitrogens with one attached hydrogen (secondary N) is 2. The summed E-state index contributed by atoms with van der Waals surface area (Å²) in [5.41, 5.74) is 4.75. The van der Waals surface area contributed by atoms with E-state index in [1.165, 1.54) is 20.9 Å². The molecule has 4 aromatic rings. The summed E-state index contributed by atoms with van der Waals surface area (Å²) < 4.78 is 0. The van der Waals surface area contributed by atoms with Gasteiger partial charge in [0.2, 0.25) is 0 Å². The number of aromatic amines is 1. The van der Waals surface area contributed by atoms with Crippen LogP contribution in [0.2, 0.25) is 0 Å². The summed E-state index contributed by atoms with van der Waals surface area (Å²) in [7, 11) is 0. The van der Waals surface area contributed by atoms with Crippen LogP contribution in [0.3, 0.4) is 0 Å². The van der Waals surface area contributed by atoms with Gasteiger partial charge in [0.05, 0.1) is 11.9 Å². The van der Waals surface area contributed by atoms with Crippen LogP contribution in [-0.4, -0.2) is 16.5 Å². The molecule has 0 saturated heterocycles. The second-order valence-corrected chi connectivity index (χ2v) is 10.2. The predicted molar refractivity (Wildman–Crippen MR) is 121 cm³/mol. The summed E-state index contributed by atoms with van der Waals surface area (Å²) in [6.07, 6.45) is 1.11. The number of fused-ring (bicyclic) bond motifs is 2. The van der Waals surface area contributed by atoms with E-state index in [1.54, 1.807) is 11.3 Å². The van der Waals surface area contributed by atoms with E-state index < -0.39 is 0 Å². The summed E-state index contributed by atoms with van der Waals surface area (Å²) >= 11 is 3.48. The molecule has 3 aromatic heterocycles. The molecule has 1 aliphatic heterocycles. The van der Waals surface area contributed by atoms with Gasteiger partial charge in [-0.2, -0.15) is 0 Å². The summed E-state index contributed by atoms with van der Waals surface area (Å²) in [6.45, 7) is 8.26. The van der Waals surface area contributed by atoms with E-state index in [0.29, 0.717) is 6.04 Å². The van der Waals surface area contributed by atoms with Gasteiger partial charge in [-0.1, -0.05) is 29.8 Å². The number of nitrogens with zero attached hydrogens (tertiary/aromatic N) is 1. The van der Waals surface area contributed by atoms with Gasteiger partial charge in [-0.3, -0.25) is 4.79 Å². The van der Waals surface area contributed by atoms with Crippen molar-refractivity contribution in [3.05, 3.63) is 72.8 Å². The number of aromatic nitrogens is 2. The Morgan fingerprint density at radius 3 is 2.79 bits per heavy atom. The molecule has 0 spiro atoms. The zero-order valence-corrected chi connectivity index (χ0v) is 18.5. The third-order valence-electron chi connectivity index (χ3n) is 6.05. The van der Waals surface area contributed by atoms with Crippen LogP contribution < -0.4 is 10.5 Å². The number of quaternary nitrogens is 1. The first kappa shape index (κ1) is 18.7. The van der Waals surface area contributed by atoms with Crippen LogP contribution in [0, 0.1) is 13.8 Å². The smallest absolute Gasteiger partial charge is 0.260 e. The fraction of sp³-hybridized carbons (Fsp3) is 0.304. The van der Waals surface area contributed by atoms with Crippen LogP contribution in [0.1, 0.15) is 39.7 Å². The van der Waals surface area contributed by atoms with E-state index >= 15 is 0 Å². The molecular weight excluding hydrogens is 398 g/mol. The van der Waals surface area contributed by atoms with E-state index in [9.17, 15) is 4.79 Å². The first-order valence-electron chi connectivity index (χ1n) is 10.0. The number of benzene rings is 1. The highest BCUT2D eigenvalue weighted by molar-refractivity contribution is 7.19. The van der Waals surface area contributed by atoms with Gasteiger partial charge in [-0.05, 0) is 37.8 Å². The van der Waals surface area contributed by atoms with Gasteiger partial charge in [0.15, 0.2) is 5.82 Å². The molecule has 0 saturated carbocycles. The average molecular weight is 423 g/mol. The summed E-state index contributed by atoms with van der Waals surface area (Å²) in [4.78, 5) is 26.0. The van der Waals surface area contributed by atoms with Crippen molar-refractivity contribution >= 4 is 32.9 Å². The van der Waals surface area contributed by atoms with Crippen molar-refractivity contribution in [3.63, 3.8) is 0 Å². The van der Waals surface area contributed by atoms with Crippen molar-refractivity contribution in [1.29, 1.82) is 0 Å². The van der Waals surface area contributed by atoms with E-state index in [1.807, 2.05) is 11.3 Å². The molecule has 2 N–H and O–H groups in total. The summed E-state index contributed by atoms with van der Waals surface area (Å²) in [5, 5.41) is 2.92. The zero-order chi connectivity index (χ0) is 20.1. The Morgan fingerprint density at radius 2 is 2.00 bits per heavy atom. The second-order valence-electron chi connectivity index (χ2n) is 7.95. The van der Waals surface area contributed by atoms with Gasteiger partial charge in [-0.25, -0.2) is 4.98 Å². The summed E-state index contributed by atoms with van der Waals surface area (Å²) in [6, 6.07) is 11.0. The quantitative estimate of drug-likeness (QED) is 0.524. The van der Waals surface area contributed by atoms with E-state index in [2.05, 4.69) is 61.5 Å². The van der Waals surface area contributed by atoms with Crippen molar-refractivity contribution in [2.45, 2.75) is 39.8 Å². The maximum Gasteiger partial charge on any atom is 0.260 e. The Kier molecular flexibility index (Phi) is 4.65. The molecule has 2 atom stereocenters. The predicted octanol–water partition coefficient (Wildman–Crippen LogP) is 4.03. The number of thiophene rings is 2. The number of aryl methyl sites for hydroxylation is 2. The highest BCUT2D eigenvalue weighted by Crippen LogP contribution is 2.35. The lowest BCUT2D eigenvalue weighted by molar-refractivity contribution is -0.945. The van der Waals surface area contributed by atoms with Crippen LogP contribution in [0.25, 0.3) is 21.3 Å². The SMILES string of the molecule is Cc1ccc(-c2c(C)sc3nc(C[NH+]4CCc5sccc5[C@@H]4C)[nH]c(=O)c23)cc1. The minimum absolute atomic E-state index is 0.0230. The number of hydrogen-bond donors (Lipinski definition) is 2. The normalized spacial score (nSPS) is 18.9. The van der Waals surface area contributed by atoms with Crippen LogP contribution in [0.5, 0.6) is 0 Å². The second kappa shape index (κ2) is 7.20. The van der Waals surface area contributed by atoms with Gasteiger partial charge >= 0.3 is 0 Å². The van der Waals surface area contributed by atoms with Gasteiger partial charge in [0, 0.05) is 27.3 Å². The molecule has 148 valence electrons. The monoisotopic (exact) mass is 422 g/mol. The molecule has 0 radical (unpaired) electrons. The van der Waals surface area contributed by atoms with Crippen molar-refractivity contribution in [2.75, 3.05) is 6.54 Å². The van der Waals surface area contributed by atoms with E-state index in [4.69, 9.17) is 4.98 Å². The first-order chi connectivity index (χ1) is 14.0. The Bertz CT molecular complexity index is 1250. The standard InChI is InChI=1S/C23H23N3OS2/c1-13-4-6-16(7-5-13)20-15(3)29-23-21(20)22(27)24-19(25-23)12-26-10-8-18-17(14(26)2)9-11-28-18/h4-7,9,11,14H,8,10,12H2,1-3H3,(H,24,25,27)/p+1/t14-/m0/s1. The molecule has 1 aliphatic rings. The fourth-order valence-corrected chi connectivity index (χ4v) is 6.47. The Balaban J connectivity index is 1.51. The minimum Gasteiger partial charge on any atom is -0.322 e. The van der Waals surface area contributed by atoms with Crippen LogP contribution in [0.15, 0.2) is 40.5 Å². The number of rotatable bonds is 3. The van der Waals surface area contributed by atoms with Gasteiger partial charge < -0.3 is 9.88 Å². The highest BCUT2D eigenvalue weighted by atomic mass is 32.1. The number of hydrogen-bond acceptors (Lipinski definition) is 4. The van der Waals surface area contributed by atoms with Crippen molar-refractivity contribution in [2.24, 2.45) is 0 Å². The minimum atomic E-state index is -0.0230. The molecule has 0 amide bonds. The maximum absolute atomic E-state index is 13.1. The molecule has 1 unspecified atom stereocenters. The lowest BCUT2D eigenvalue weighted by Gasteiger charge is -2.30. The lowest BCUT2D eigenvalue weighted by atomic mass is 10.0. The third kappa shape index (κ3) is 3.25. The number of H-pyrrole nitrogens is 1. The first-order valence-corrected chi connectivity index (χ1v) is 11.7. The topological polar surface area (TPSA) is 50.2 Å².